The molecule has 5 rings (SSSR count). The van der Waals surface area contributed by atoms with Gasteiger partial charge in [-0.05, 0) is 93.1 Å². The molecule has 11 nitrogen and oxygen atoms in total. The zero-order valence-electron chi connectivity index (χ0n) is 32.2. The maximum absolute atomic E-state index is 13.6. The molecule has 51 heavy (non-hydrogen) atoms. The van der Waals surface area contributed by atoms with Crippen LogP contribution < -0.4 is 21.1 Å². The number of nitrogens with two attached hydrogens (primary N) is 1. The molecule has 2 aromatic carbocycles. The van der Waals surface area contributed by atoms with Crippen molar-refractivity contribution in [1.29, 1.82) is 0 Å². The van der Waals surface area contributed by atoms with Gasteiger partial charge in [0.2, 0.25) is 5.91 Å². The van der Waals surface area contributed by atoms with Crippen molar-refractivity contribution in [2.45, 2.75) is 98.1 Å². The monoisotopic (exact) mass is 709 g/mol. The number of rotatable bonds is 18. The molecular formula is C40H63N5O6. The number of ether oxygens (including phenoxy) is 1. The number of para-hydroxylation sites is 1. The van der Waals surface area contributed by atoms with Gasteiger partial charge in [-0.15, -0.1) is 0 Å². The number of hydrogen-bond acceptors (Lipinski definition) is 9. The van der Waals surface area contributed by atoms with Gasteiger partial charge in [-0.3, -0.25) is 14.4 Å². The molecule has 3 aliphatic carbocycles. The van der Waals surface area contributed by atoms with Crippen LogP contribution in [-0.2, 0) is 16.2 Å². The van der Waals surface area contributed by atoms with Gasteiger partial charge in [0.05, 0.1) is 26.4 Å². The van der Waals surface area contributed by atoms with Gasteiger partial charge >= 0.3 is 0 Å². The summed E-state index contributed by atoms with van der Waals surface area (Å²) in [5, 5.41) is 28.2. The lowest BCUT2D eigenvalue weighted by Gasteiger charge is -2.62. The van der Waals surface area contributed by atoms with Crippen molar-refractivity contribution < 1.29 is 29.4 Å². The molecule has 2 aromatic rings. The standard InChI is InChI=1S/C40H63N5O6/c1-24(2)13-32(21-44(7)8)42-39(49)29-15-28(16-31(41)17-29)34-12-10-11-27(38(34)50-9)20-45(51-33(23-46)14-25(3)47)22-37(48)43-36-19-30-18-35(26(36)4)40(30,5)6/h10-12,15-17,24-26,30,32-33,35-36,46-47H,13-14,18-23,41H2,1-9H3,(H,42,49)(H,43,48)/t25-,26-,30+,32-,33+,35-,36-/m0/s1. The van der Waals surface area contributed by atoms with Gasteiger partial charge in [-0.25, -0.2) is 0 Å². The molecule has 2 amide bonds. The summed E-state index contributed by atoms with van der Waals surface area (Å²) in [6.45, 7) is 13.3. The first kappa shape index (κ1) is 40.5. The summed E-state index contributed by atoms with van der Waals surface area (Å²) in [5.74, 6) is 2.18. The topological polar surface area (TPSA) is 150 Å². The van der Waals surface area contributed by atoms with Crippen LogP contribution in [0.25, 0.3) is 11.1 Å². The second-order valence-corrected chi connectivity index (χ2v) is 16.3. The maximum Gasteiger partial charge on any atom is 0.251 e. The fraction of sp³-hybridized carbons (Fsp3) is 0.650. The summed E-state index contributed by atoms with van der Waals surface area (Å²) in [5.41, 5.74) is 9.76. The number of hydrogen-bond donors (Lipinski definition) is 5. The molecule has 11 heteroatoms. The fourth-order valence-electron chi connectivity index (χ4n) is 8.39. The molecule has 0 radical (unpaired) electrons. The van der Waals surface area contributed by atoms with E-state index in [-0.39, 0.29) is 50.0 Å². The Bertz CT molecular complexity index is 1470. The summed E-state index contributed by atoms with van der Waals surface area (Å²) in [7, 11) is 5.57. The lowest BCUT2D eigenvalue weighted by atomic mass is 9.45. The van der Waals surface area contributed by atoms with Crippen LogP contribution in [0.2, 0.25) is 0 Å². The highest BCUT2D eigenvalue weighted by Crippen LogP contribution is 2.61. The van der Waals surface area contributed by atoms with Crippen LogP contribution in [-0.4, -0.2) is 97.2 Å². The third-order valence-electron chi connectivity index (χ3n) is 11.0. The molecule has 284 valence electrons. The first-order valence-electron chi connectivity index (χ1n) is 18.5. The molecule has 2 bridgehead atoms. The Hall–Kier alpha value is -3.22. The number of nitrogens with zero attached hydrogens (tertiary/aromatic N) is 2. The number of hydroxylamine groups is 2. The number of aliphatic hydroxyl groups is 2. The van der Waals surface area contributed by atoms with E-state index in [0.29, 0.717) is 51.7 Å². The van der Waals surface area contributed by atoms with E-state index >= 15 is 0 Å². The number of likely N-dealkylation sites (N-methyl/N-ethyl adjacent to an activating group) is 1. The molecule has 0 heterocycles. The minimum atomic E-state index is -0.712. The first-order chi connectivity index (χ1) is 24.0. The van der Waals surface area contributed by atoms with Crippen molar-refractivity contribution >= 4 is 17.5 Å². The summed E-state index contributed by atoms with van der Waals surface area (Å²) in [4.78, 5) is 35.4. The number of fused-ring (bicyclic) bond motifs is 2. The molecule has 7 atom stereocenters. The number of amides is 2. The molecule has 0 unspecified atom stereocenters. The Morgan fingerprint density at radius 2 is 1.82 bits per heavy atom. The normalized spacial score (nSPS) is 22.7. The predicted octanol–water partition coefficient (Wildman–Crippen LogP) is 4.70. The minimum Gasteiger partial charge on any atom is -0.496 e. The molecule has 3 fully saturated rings. The van der Waals surface area contributed by atoms with Crippen LogP contribution in [0.15, 0.2) is 36.4 Å². The molecule has 3 aliphatic rings. The highest BCUT2D eigenvalue weighted by molar-refractivity contribution is 5.97. The van der Waals surface area contributed by atoms with Gasteiger partial charge in [0, 0.05) is 47.4 Å². The Kier molecular flexibility index (Phi) is 13.9. The number of nitrogens with one attached hydrogen (secondary N) is 2. The number of carbonyl (C=O) groups is 2. The lowest BCUT2D eigenvalue weighted by Crippen LogP contribution is -2.61. The van der Waals surface area contributed by atoms with E-state index < -0.39 is 12.2 Å². The third kappa shape index (κ3) is 10.4. The van der Waals surface area contributed by atoms with Crippen molar-refractivity contribution in [1.82, 2.24) is 20.6 Å². The van der Waals surface area contributed by atoms with E-state index in [1.807, 2.05) is 44.4 Å². The molecule has 0 saturated heterocycles. The number of aliphatic hydroxyl groups excluding tert-OH is 2. The molecule has 6 N–H and O–H groups in total. The average molecular weight is 710 g/mol. The van der Waals surface area contributed by atoms with Gasteiger partial charge in [0.1, 0.15) is 18.4 Å². The van der Waals surface area contributed by atoms with Gasteiger partial charge in [-0.2, -0.15) is 5.06 Å². The van der Waals surface area contributed by atoms with Crippen molar-refractivity contribution in [2.24, 2.45) is 29.1 Å². The number of methoxy groups -OCH3 is 1. The zero-order valence-corrected chi connectivity index (χ0v) is 32.2. The highest BCUT2D eigenvalue weighted by Gasteiger charge is 2.56. The van der Waals surface area contributed by atoms with Gasteiger partial charge in [-0.1, -0.05) is 52.8 Å². The SMILES string of the molecule is COc1c(CN(CC(=O)N[C@H]2C[C@H]3C[C@@H]([C@@H]2C)C3(C)C)O[C@@H](CO)C[C@H](C)O)cccc1-c1cc(N)cc(C(=O)N[C@@H](CC(C)C)CN(C)C)c1. The summed E-state index contributed by atoms with van der Waals surface area (Å²) in [6.07, 6.45) is 1.81. The molecule has 0 spiro atoms. The van der Waals surface area contributed by atoms with E-state index in [2.05, 4.69) is 50.2 Å². The quantitative estimate of drug-likeness (QED) is 0.110. The first-order valence-corrected chi connectivity index (χ1v) is 18.5. The fourth-order valence-corrected chi connectivity index (χ4v) is 8.39. The zero-order chi connectivity index (χ0) is 37.6. The largest absolute Gasteiger partial charge is 0.496 e. The van der Waals surface area contributed by atoms with E-state index in [9.17, 15) is 19.8 Å². The van der Waals surface area contributed by atoms with Crippen LogP contribution >= 0.6 is 0 Å². The smallest absolute Gasteiger partial charge is 0.251 e. The van der Waals surface area contributed by atoms with E-state index in [1.54, 1.807) is 20.1 Å². The predicted molar refractivity (Wildman–Crippen MR) is 202 cm³/mol. The van der Waals surface area contributed by atoms with Crippen LogP contribution in [0, 0.1) is 29.1 Å². The second-order valence-electron chi connectivity index (χ2n) is 16.3. The molecular weight excluding hydrogens is 646 g/mol. The van der Waals surface area contributed by atoms with Gasteiger partial charge in [0.15, 0.2) is 0 Å². The van der Waals surface area contributed by atoms with Gasteiger partial charge in [0.25, 0.3) is 5.91 Å². The molecule has 0 aromatic heterocycles. The van der Waals surface area contributed by atoms with E-state index in [4.69, 9.17) is 15.3 Å². The van der Waals surface area contributed by atoms with Crippen molar-refractivity contribution in [3.8, 4) is 16.9 Å². The highest BCUT2D eigenvalue weighted by atomic mass is 16.7. The Morgan fingerprint density at radius 1 is 1.10 bits per heavy atom. The summed E-state index contributed by atoms with van der Waals surface area (Å²) < 4.78 is 5.98. The third-order valence-corrected chi connectivity index (χ3v) is 11.0. The minimum absolute atomic E-state index is 0.0196. The van der Waals surface area contributed by atoms with Crippen LogP contribution in [0.1, 0.15) is 83.1 Å². The Labute approximate surface area is 305 Å². The van der Waals surface area contributed by atoms with Gasteiger partial charge < -0.3 is 36.2 Å². The van der Waals surface area contributed by atoms with Crippen LogP contribution in [0.3, 0.4) is 0 Å². The Morgan fingerprint density at radius 3 is 2.41 bits per heavy atom. The number of nitrogen functional groups attached to an aromatic ring is 1. The number of anilines is 1. The summed E-state index contributed by atoms with van der Waals surface area (Å²) in [6, 6.07) is 11.1. The van der Waals surface area contributed by atoms with Crippen LogP contribution in [0.5, 0.6) is 5.75 Å². The molecule has 3 saturated carbocycles. The van der Waals surface area contributed by atoms with Crippen molar-refractivity contribution in [3.63, 3.8) is 0 Å². The lowest BCUT2D eigenvalue weighted by molar-refractivity contribution is -0.219. The van der Waals surface area contributed by atoms with Crippen LogP contribution in [0.4, 0.5) is 5.69 Å². The number of benzene rings is 2. The Balaban J connectivity index is 1.58. The number of carbonyl (C=O) groups excluding carboxylic acids is 2. The second kappa shape index (κ2) is 17.5. The average Bonchev–Trinajstić information content (AvgIpc) is 3.03. The summed E-state index contributed by atoms with van der Waals surface area (Å²) >= 11 is 0. The maximum atomic E-state index is 13.6. The van der Waals surface area contributed by atoms with Crippen molar-refractivity contribution in [2.75, 3.05) is 46.6 Å². The van der Waals surface area contributed by atoms with Crippen molar-refractivity contribution in [3.05, 3.63) is 47.5 Å². The van der Waals surface area contributed by atoms with E-state index in [1.165, 1.54) is 11.5 Å². The molecule has 0 aliphatic heterocycles. The van der Waals surface area contributed by atoms with E-state index in [0.717, 1.165) is 30.5 Å².